The quantitative estimate of drug-likeness (QED) is 0.848. The zero-order valence-electron chi connectivity index (χ0n) is 9.19. The van der Waals surface area contributed by atoms with Gasteiger partial charge in [0, 0.05) is 5.39 Å². The van der Waals surface area contributed by atoms with Crippen molar-refractivity contribution < 1.29 is 18.7 Å². The first-order chi connectivity index (χ1) is 8.57. The van der Waals surface area contributed by atoms with Crippen LogP contribution in [-0.4, -0.2) is 22.3 Å². The second-order valence-corrected chi connectivity index (χ2v) is 3.66. The average Bonchev–Trinajstić information content (AvgIpc) is 2.34. The highest BCUT2D eigenvalue weighted by atomic mass is 19.1. The standard InChI is InChI=1S/C12H9F2NO3/c13-5-6-15-8-4-2-1-3-7(8)10(16)9(11(15)14)12(17)18/h1-4H,5-6H2,(H,17,18). The van der Waals surface area contributed by atoms with Crippen LogP contribution >= 0.6 is 0 Å². The van der Waals surface area contributed by atoms with Crippen LogP contribution in [0.4, 0.5) is 8.78 Å². The molecule has 1 N–H and O–H groups in total. The van der Waals surface area contributed by atoms with Crippen LogP contribution in [-0.2, 0) is 6.54 Å². The summed E-state index contributed by atoms with van der Waals surface area (Å²) in [5.74, 6) is -2.88. The van der Waals surface area contributed by atoms with E-state index in [1.165, 1.54) is 18.2 Å². The number of halogens is 2. The monoisotopic (exact) mass is 253 g/mol. The van der Waals surface area contributed by atoms with Gasteiger partial charge in [-0.3, -0.25) is 4.79 Å². The number of fused-ring (bicyclic) bond motifs is 1. The van der Waals surface area contributed by atoms with Crippen LogP contribution in [0.15, 0.2) is 29.1 Å². The summed E-state index contributed by atoms with van der Waals surface area (Å²) in [6.45, 7) is -1.20. The SMILES string of the molecule is O=C(O)c1c(F)n(CCF)c2ccccc2c1=O. The molecule has 4 nitrogen and oxygen atoms in total. The minimum Gasteiger partial charge on any atom is -0.477 e. The van der Waals surface area contributed by atoms with Gasteiger partial charge in [0.25, 0.3) is 0 Å². The van der Waals surface area contributed by atoms with Gasteiger partial charge in [-0.25, -0.2) is 9.18 Å². The van der Waals surface area contributed by atoms with Crippen molar-refractivity contribution >= 4 is 16.9 Å². The van der Waals surface area contributed by atoms with E-state index in [1.54, 1.807) is 6.07 Å². The molecule has 6 heteroatoms. The zero-order valence-corrected chi connectivity index (χ0v) is 9.19. The van der Waals surface area contributed by atoms with Gasteiger partial charge in [0.15, 0.2) is 5.56 Å². The van der Waals surface area contributed by atoms with Crippen LogP contribution in [0.2, 0.25) is 0 Å². The molecule has 0 aliphatic heterocycles. The molecule has 1 aromatic carbocycles. The normalized spacial score (nSPS) is 10.8. The first kappa shape index (κ1) is 12.2. The van der Waals surface area contributed by atoms with E-state index in [9.17, 15) is 18.4 Å². The lowest BCUT2D eigenvalue weighted by molar-refractivity contribution is 0.0688. The summed E-state index contributed by atoms with van der Waals surface area (Å²) in [5, 5.41) is 8.91. The lowest BCUT2D eigenvalue weighted by atomic mass is 10.1. The molecule has 0 aliphatic rings. The minimum atomic E-state index is -1.66. The molecule has 0 amide bonds. The van der Waals surface area contributed by atoms with Gasteiger partial charge in [-0.1, -0.05) is 12.1 Å². The van der Waals surface area contributed by atoms with Gasteiger partial charge in [-0.2, -0.15) is 4.39 Å². The highest BCUT2D eigenvalue weighted by Gasteiger charge is 2.21. The smallest absolute Gasteiger partial charge is 0.344 e. The Bertz CT molecular complexity index is 679. The van der Waals surface area contributed by atoms with Crippen LogP contribution in [0.25, 0.3) is 10.9 Å². The van der Waals surface area contributed by atoms with Crippen molar-refractivity contribution in [2.45, 2.75) is 6.54 Å². The van der Waals surface area contributed by atoms with Gasteiger partial charge >= 0.3 is 5.97 Å². The summed E-state index contributed by atoms with van der Waals surface area (Å²) >= 11 is 0. The predicted octanol–water partition coefficient (Wildman–Crippen LogP) is 1.81. The van der Waals surface area contributed by atoms with Gasteiger partial charge < -0.3 is 9.67 Å². The number of pyridine rings is 1. The van der Waals surface area contributed by atoms with E-state index in [0.29, 0.717) is 0 Å². The van der Waals surface area contributed by atoms with E-state index in [0.717, 1.165) is 4.57 Å². The van der Waals surface area contributed by atoms with Crippen molar-refractivity contribution in [3.8, 4) is 0 Å². The fourth-order valence-electron chi connectivity index (χ4n) is 1.86. The summed E-state index contributed by atoms with van der Waals surface area (Å²) in [4.78, 5) is 22.7. The molecular weight excluding hydrogens is 244 g/mol. The molecule has 1 aromatic heterocycles. The molecule has 94 valence electrons. The second kappa shape index (κ2) is 4.56. The van der Waals surface area contributed by atoms with Crippen LogP contribution in [0.3, 0.4) is 0 Å². The van der Waals surface area contributed by atoms with Crippen LogP contribution in [0.5, 0.6) is 0 Å². The van der Waals surface area contributed by atoms with E-state index in [2.05, 4.69) is 0 Å². The molecule has 0 spiro atoms. The highest BCUT2D eigenvalue weighted by molar-refractivity contribution is 5.92. The number of para-hydroxylation sites is 1. The summed E-state index contributed by atoms with van der Waals surface area (Å²) in [6, 6.07) is 5.93. The first-order valence-electron chi connectivity index (χ1n) is 5.18. The van der Waals surface area contributed by atoms with Crippen molar-refractivity contribution in [3.63, 3.8) is 0 Å². The van der Waals surface area contributed by atoms with Crippen molar-refractivity contribution in [2.24, 2.45) is 0 Å². The number of hydrogen-bond acceptors (Lipinski definition) is 2. The fraction of sp³-hybridized carbons (Fsp3) is 0.167. The van der Waals surface area contributed by atoms with Gasteiger partial charge in [0.1, 0.15) is 6.67 Å². The van der Waals surface area contributed by atoms with Gasteiger partial charge in [0.05, 0.1) is 12.1 Å². The Labute approximate surface area is 100 Å². The molecule has 0 atom stereocenters. The number of alkyl halides is 1. The number of carbonyl (C=O) groups is 1. The number of nitrogens with zero attached hydrogens (tertiary/aromatic N) is 1. The number of aryl methyl sites for hydroxylation is 1. The van der Waals surface area contributed by atoms with E-state index >= 15 is 0 Å². The Hall–Kier alpha value is -2.24. The van der Waals surface area contributed by atoms with Crippen molar-refractivity contribution in [1.29, 1.82) is 0 Å². The number of benzene rings is 1. The predicted molar refractivity (Wildman–Crippen MR) is 61.1 cm³/mol. The lowest BCUT2D eigenvalue weighted by Gasteiger charge is -2.12. The third kappa shape index (κ3) is 1.75. The first-order valence-corrected chi connectivity index (χ1v) is 5.18. The summed E-state index contributed by atoms with van der Waals surface area (Å²) < 4.78 is 27.2. The molecule has 0 saturated heterocycles. The minimum absolute atomic E-state index is 0.0600. The Morgan fingerprint density at radius 1 is 1.33 bits per heavy atom. The molecule has 0 unspecified atom stereocenters. The summed E-state index contributed by atoms with van der Waals surface area (Å²) in [6.07, 6.45) is 0. The molecule has 0 aliphatic carbocycles. The van der Waals surface area contributed by atoms with Crippen LogP contribution in [0.1, 0.15) is 10.4 Å². The molecule has 1 heterocycles. The zero-order chi connectivity index (χ0) is 13.3. The number of aromatic nitrogens is 1. The van der Waals surface area contributed by atoms with E-state index in [-0.39, 0.29) is 17.4 Å². The number of carboxylic acids is 1. The van der Waals surface area contributed by atoms with Gasteiger partial charge in [0.2, 0.25) is 11.4 Å². The lowest BCUT2D eigenvalue weighted by Crippen LogP contribution is -2.24. The molecule has 0 fully saturated rings. The molecule has 18 heavy (non-hydrogen) atoms. The summed E-state index contributed by atoms with van der Waals surface area (Å²) in [7, 11) is 0. The Kier molecular flexibility index (Phi) is 3.10. The van der Waals surface area contributed by atoms with Crippen LogP contribution < -0.4 is 5.43 Å². The maximum atomic E-state index is 13.9. The Balaban J connectivity index is 2.96. The maximum absolute atomic E-state index is 13.9. The molecule has 2 aromatic rings. The number of rotatable bonds is 3. The molecule has 0 bridgehead atoms. The topological polar surface area (TPSA) is 59.3 Å². The highest BCUT2D eigenvalue weighted by Crippen LogP contribution is 2.15. The fourth-order valence-corrected chi connectivity index (χ4v) is 1.86. The van der Waals surface area contributed by atoms with E-state index in [4.69, 9.17) is 5.11 Å². The summed E-state index contributed by atoms with van der Waals surface area (Å²) in [5.41, 5.74) is -1.67. The van der Waals surface area contributed by atoms with E-state index < -0.39 is 29.6 Å². The second-order valence-electron chi connectivity index (χ2n) is 3.66. The number of carboxylic acid groups (broad SMARTS) is 1. The van der Waals surface area contributed by atoms with Crippen molar-refractivity contribution in [3.05, 3.63) is 46.0 Å². The molecular formula is C12H9F2NO3. The Morgan fingerprint density at radius 2 is 2.00 bits per heavy atom. The largest absolute Gasteiger partial charge is 0.477 e. The third-order valence-corrected chi connectivity index (χ3v) is 2.63. The number of hydrogen-bond donors (Lipinski definition) is 1. The van der Waals surface area contributed by atoms with Crippen molar-refractivity contribution in [1.82, 2.24) is 4.57 Å². The molecule has 0 saturated carbocycles. The maximum Gasteiger partial charge on any atom is 0.344 e. The van der Waals surface area contributed by atoms with Crippen molar-refractivity contribution in [2.75, 3.05) is 6.67 Å². The van der Waals surface area contributed by atoms with E-state index in [1.807, 2.05) is 0 Å². The molecule has 2 rings (SSSR count). The number of aromatic carboxylic acids is 1. The van der Waals surface area contributed by atoms with Gasteiger partial charge in [-0.05, 0) is 12.1 Å². The third-order valence-electron chi connectivity index (χ3n) is 2.63. The average molecular weight is 253 g/mol. The van der Waals surface area contributed by atoms with Crippen LogP contribution in [0, 0.1) is 5.95 Å². The molecule has 0 radical (unpaired) electrons. The van der Waals surface area contributed by atoms with Gasteiger partial charge in [-0.15, -0.1) is 0 Å². The Morgan fingerprint density at radius 3 is 2.61 bits per heavy atom.